The number of carbonyl (C=O) groups is 1. The summed E-state index contributed by atoms with van der Waals surface area (Å²) in [5.74, 6) is 1.45. The van der Waals surface area contributed by atoms with Crippen molar-refractivity contribution in [3.8, 4) is 5.75 Å². The number of aryl methyl sites for hydroxylation is 2. The van der Waals surface area contributed by atoms with Crippen molar-refractivity contribution in [3.05, 3.63) is 52.6 Å². The quantitative estimate of drug-likeness (QED) is 0.935. The number of nitrogens with zero attached hydrogens (tertiary/aromatic N) is 2. The van der Waals surface area contributed by atoms with Crippen LogP contribution in [0.1, 0.15) is 41.2 Å². The first kappa shape index (κ1) is 16.1. The number of hydrogen-bond donors (Lipinski definition) is 1. The molecule has 0 bridgehead atoms. The van der Waals surface area contributed by atoms with Gasteiger partial charge in [-0.15, -0.1) is 0 Å². The maximum Gasteiger partial charge on any atom is 0.227 e. The molecule has 1 amide bonds. The Labute approximate surface area is 147 Å². The molecule has 0 radical (unpaired) electrons. The predicted octanol–water partition coefficient (Wildman–Crippen LogP) is 2.53. The summed E-state index contributed by atoms with van der Waals surface area (Å²) in [5.41, 5.74) is 4.62. The zero-order valence-corrected chi connectivity index (χ0v) is 14.5. The molecule has 0 fully saturated rings. The average molecular weight is 337 g/mol. The molecule has 2 heterocycles. The van der Waals surface area contributed by atoms with E-state index in [9.17, 15) is 4.79 Å². The van der Waals surface area contributed by atoms with Gasteiger partial charge in [-0.25, -0.2) is 9.97 Å². The molecule has 1 aliphatic carbocycles. The third-order valence-corrected chi connectivity index (χ3v) is 5.11. The number of amides is 1. The Hall–Kier alpha value is -2.43. The molecule has 5 nitrogen and oxygen atoms in total. The highest BCUT2D eigenvalue weighted by molar-refractivity contribution is 5.79. The standard InChI is InChI=1S/C20H23N3O2/c1-13-16-7-3-4-8-17(16)23-19(22-13)11-21-20(24)15-10-14-6-2-5-9-18(14)25-12-15/h2,5-6,9,15H,3-4,7-8,10-12H2,1H3,(H,21,24)/t15-/m1/s1. The van der Waals surface area contributed by atoms with Gasteiger partial charge in [-0.3, -0.25) is 4.79 Å². The second-order valence-electron chi connectivity index (χ2n) is 6.90. The molecule has 0 saturated heterocycles. The summed E-state index contributed by atoms with van der Waals surface area (Å²) in [5, 5.41) is 2.99. The maximum atomic E-state index is 12.5. The third kappa shape index (κ3) is 3.36. The van der Waals surface area contributed by atoms with E-state index in [1.54, 1.807) is 0 Å². The molecular formula is C20H23N3O2. The third-order valence-electron chi connectivity index (χ3n) is 5.11. The van der Waals surface area contributed by atoms with E-state index in [4.69, 9.17) is 4.74 Å². The molecule has 1 aromatic carbocycles. The van der Waals surface area contributed by atoms with Gasteiger partial charge in [-0.1, -0.05) is 18.2 Å². The lowest BCUT2D eigenvalue weighted by molar-refractivity contribution is -0.126. The number of nitrogens with one attached hydrogen (secondary N) is 1. The topological polar surface area (TPSA) is 64.1 Å². The Morgan fingerprint density at radius 2 is 2.08 bits per heavy atom. The second kappa shape index (κ2) is 6.82. The smallest absolute Gasteiger partial charge is 0.227 e. The molecule has 1 aromatic heterocycles. The zero-order valence-electron chi connectivity index (χ0n) is 14.5. The molecule has 4 rings (SSSR count). The number of ether oxygens (including phenoxy) is 1. The Morgan fingerprint density at radius 1 is 1.24 bits per heavy atom. The molecule has 130 valence electrons. The van der Waals surface area contributed by atoms with Gasteiger partial charge in [0.2, 0.25) is 5.91 Å². The molecule has 0 spiro atoms. The lowest BCUT2D eigenvalue weighted by atomic mass is 9.95. The van der Waals surface area contributed by atoms with Crippen LogP contribution < -0.4 is 10.1 Å². The lowest BCUT2D eigenvalue weighted by Gasteiger charge is -2.24. The van der Waals surface area contributed by atoms with Crippen molar-refractivity contribution in [2.45, 2.75) is 45.6 Å². The predicted molar refractivity (Wildman–Crippen MR) is 94.4 cm³/mol. The summed E-state index contributed by atoms with van der Waals surface area (Å²) in [6.07, 6.45) is 5.22. The molecule has 2 aliphatic rings. The number of para-hydroxylation sites is 1. The Morgan fingerprint density at radius 3 is 3.00 bits per heavy atom. The van der Waals surface area contributed by atoms with Gasteiger partial charge in [0.1, 0.15) is 18.2 Å². The highest BCUT2D eigenvalue weighted by Gasteiger charge is 2.26. The van der Waals surface area contributed by atoms with Crippen LogP contribution in [0.5, 0.6) is 5.75 Å². The van der Waals surface area contributed by atoms with E-state index < -0.39 is 0 Å². The maximum absolute atomic E-state index is 12.5. The van der Waals surface area contributed by atoms with Gasteiger partial charge in [-0.2, -0.15) is 0 Å². The van der Waals surface area contributed by atoms with Crippen molar-refractivity contribution in [3.63, 3.8) is 0 Å². The van der Waals surface area contributed by atoms with Crippen LogP contribution in [0, 0.1) is 12.8 Å². The van der Waals surface area contributed by atoms with Crippen LogP contribution in [0.4, 0.5) is 0 Å². The normalized spacial score (nSPS) is 18.7. The summed E-state index contributed by atoms with van der Waals surface area (Å²) in [7, 11) is 0. The van der Waals surface area contributed by atoms with Gasteiger partial charge in [-0.05, 0) is 56.2 Å². The number of hydrogen-bond acceptors (Lipinski definition) is 4. The van der Waals surface area contributed by atoms with Crippen LogP contribution in [0.15, 0.2) is 24.3 Å². The molecule has 1 aliphatic heterocycles. The minimum absolute atomic E-state index is 0.00785. The SMILES string of the molecule is Cc1nc(CNC(=O)[C@H]2COc3ccccc3C2)nc2c1CCCC2. The van der Waals surface area contributed by atoms with Crippen LogP contribution in [0.2, 0.25) is 0 Å². The Bertz CT molecular complexity index is 804. The molecule has 1 atom stereocenters. The van der Waals surface area contributed by atoms with E-state index in [1.165, 1.54) is 18.4 Å². The molecule has 0 unspecified atom stereocenters. The summed E-state index contributed by atoms with van der Waals surface area (Å²) in [6, 6.07) is 7.90. The fraction of sp³-hybridized carbons (Fsp3) is 0.450. The van der Waals surface area contributed by atoms with Crippen molar-refractivity contribution in [2.75, 3.05) is 6.61 Å². The van der Waals surface area contributed by atoms with Crippen LogP contribution in [0.25, 0.3) is 0 Å². The highest BCUT2D eigenvalue weighted by Crippen LogP contribution is 2.27. The molecular weight excluding hydrogens is 314 g/mol. The van der Waals surface area contributed by atoms with E-state index in [1.807, 2.05) is 31.2 Å². The fourth-order valence-electron chi connectivity index (χ4n) is 3.73. The van der Waals surface area contributed by atoms with Crippen LogP contribution in [-0.4, -0.2) is 22.5 Å². The van der Waals surface area contributed by atoms with Crippen molar-refractivity contribution < 1.29 is 9.53 Å². The van der Waals surface area contributed by atoms with E-state index in [-0.39, 0.29) is 11.8 Å². The summed E-state index contributed by atoms with van der Waals surface area (Å²) >= 11 is 0. The Balaban J connectivity index is 1.40. The van der Waals surface area contributed by atoms with Gasteiger partial charge in [0.05, 0.1) is 12.5 Å². The first-order valence-electron chi connectivity index (χ1n) is 9.04. The average Bonchev–Trinajstić information content (AvgIpc) is 2.66. The van der Waals surface area contributed by atoms with Crippen molar-refractivity contribution >= 4 is 5.91 Å². The van der Waals surface area contributed by atoms with Gasteiger partial charge in [0.25, 0.3) is 0 Å². The lowest BCUT2D eigenvalue weighted by Crippen LogP contribution is -2.37. The van der Waals surface area contributed by atoms with Gasteiger partial charge >= 0.3 is 0 Å². The molecule has 25 heavy (non-hydrogen) atoms. The summed E-state index contributed by atoms with van der Waals surface area (Å²) in [6.45, 7) is 2.85. The Kier molecular flexibility index (Phi) is 4.38. The van der Waals surface area contributed by atoms with Gasteiger partial charge < -0.3 is 10.1 Å². The van der Waals surface area contributed by atoms with E-state index in [2.05, 4.69) is 15.3 Å². The first-order chi connectivity index (χ1) is 12.2. The molecule has 0 saturated carbocycles. The minimum Gasteiger partial charge on any atom is -0.492 e. The van der Waals surface area contributed by atoms with Crippen LogP contribution in [-0.2, 0) is 30.6 Å². The van der Waals surface area contributed by atoms with Gasteiger partial charge in [0.15, 0.2) is 0 Å². The monoisotopic (exact) mass is 337 g/mol. The highest BCUT2D eigenvalue weighted by atomic mass is 16.5. The van der Waals surface area contributed by atoms with E-state index in [0.29, 0.717) is 25.4 Å². The number of rotatable bonds is 3. The number of carbonyl (C=O) groups excluding carboxylic acids is 1. The zero-order chi connectivity index (χ0) is 17.2. The van der Waals surface area contributed by atoms with Gasteiger partial charge in [0, 0.05) is 11.4 Å². The van der Waals surface area contributed by atoms with Crippen molar-refractivity contribution in [1.29, 1.82) is 0 Å². The van der Waals surface area contributed by atoms with Crippen LogP contribution >= 0.6 is 0 Å². The summed E-state index contributed by atoms with van der Waals surface area (Å²) in [4.78, 5) is 21.8. The van der Waals surface area contributed by atoms with Crippen molar-refractivity contribution in [2.24, 2.45) is 5.92 Å². The van der Waals surface area contributed by atoms with E-state index >= 15 is 0 Å². The second-order valence-corrected chi connectivity index (χ2v) is 6.90. The minimum atomic E-state index is -0.159. The van der Waals surface area contributed by atoms with E-state index in [0.717, 1.165) is 35.5 Å². The molecule has 1 N–H and O–H groups in total. The summed E-state index contributed by atoms with van der Waals surface area (Å²) < 4.78 is 5.71. The molecule has 2 aromatic rings. The number of aromatic nitrogens is 2. The number of fused-ring (bicyclic) bond motifs is 2. The van der Waals surface area contributed by atoms with Crippen LogP contribution in [0.3, 0.4) is 0 Å². The number of benzene rings is 1. The van der Waals surface area contributed by atoms with Crippen molar-refractivity contribution in [1.82, 2.24) is 15.3 Å². The molecule has 5 heteroatoms. The fourth-order valence-corrected chi connectivity index (χ4v) is 3.73. The largest absolute Gasteiger partial charge is 0.492 e. The first-order valence-corrected chi connectivity index (χ1v) is 9.04.